The average molecular weight is 430 g/mol. The van der Waals surface area contributed by atoms with Crippen molar-refractivity contribution in [2.45, 2.75) is 33.2 Å². The number of hydrogen-bond acceptors (Lipinski definition) is 6. The van der Waals surface area contributed by atoms with Gasteiger partial charge >= 0.3 is 0 Å². The molecule has 1 aromatic carbocycles. The van der Waals surface area contributed by atoms with Gasteiger partial charge in [0.1, 0.15) is 5.82 Å². The van der Waals surface area contributed by atoms with Crippen LogP contribution in [0.4, 0.5) is 5.13 Å². The van der Waals surface area contributed by atoms with E-state index in [-0.39, 0.29) is 5.91 Å². The maximum atomic E-state index is 12.2. The fourth-order valence-corrected chi connectivity index (χ4v) is 4.10. The van der Waals surface area contributed by atoms with Crippen LogP contribution in [0.15, 0.2) is 29.3 Å². The third-order valence-electron chi connectivity index (χ3n) is 5.01. The van der Waals surface area contributed by atoms with Gasteiger partial charge in [0.25, 0.3) is 5.91 Å². The minimum atomic E-state index is -0.0258. The highest BCUT2D eigenvalue weighted by Gasteiger charge is 2.22. The highest BCUT2D eigenvalue weighted by atomic mass is 32.1. The van der Waals surface area contributed by atoms with Crippen molar-refractivity contribution in [3.8, 4) is 0 Å². The highest BCUT2D eigenvalue weighted by molar-refractivity contribution is 7.09. The molecule has 1 amide bonds. The van der Waals surface area contributed by atoms with E-state index in [1.807, 2.05) is 38.2 Å². The quantitative estimate of drug-likeness (QED) is 0.518. The van der Waals surface area contributed by atoms with E-state index < -0.39 is 0 Å². The summed E-state index contributed by atoms with van der Waals surface area (Å²) >= 11 is 1.48. The van der Waals surface area contributed by atoms with Gasteiger partial charge in [0.15, 0.2) is 5.96 Å². The number of aromatic nitrogens is 2. The van der Waals surface area contributed by atoms with Gasteiger partial charge in [-0.05, 0) is 24.1 Å². The third kappa shape index (κ3) is 5.69. The summed E-state index contributed by atoms with van der Waals surface area (Å²) in [4.78, 5) is 25.8. The molecule has 3 rings (SSSR count). The molecule has 2 aromatic rings. The smallest absolute Gasteiger partial charge is 0.251 e. The molecule has 8 nitrogen and oxygen atoms in total. The third-order valence-corrected chi connectivity index (χ3v) is 5.83. The number of guanidine groups is 1. The molecule has 1 aliphatic heterocycles. The van der Waals surface area contributed by atoms with Crippen LogP contribution in [0.5, 0.6) is 0 Å². The molecular weight excluding hydrogens is 398 g/mol. The van der Waals surface area contributed by atoms with Crippen LogP contribution in [0, 0.1) is 0 Å². The number of nitrogens with one attached hydrogen (secondary N) is 2. The Morgan fingerprint density at radius 3 is 2.67 bits per heavy atom. The highest BCUT2D eigenvalue weighted by Crippen LogP contribution is 2.19. The molecule has 9 heteroatoms. The first-order chi connectivity index (χ1) is 14.6. The molecule has 30 heavy (non-hydrogen) atoms. The minimum Gasteiger partial charge on any atom is -0.352 e. The van der Waals surface area contributed by atoms with Crippen LogP contribution in [0.1, 0.15) is 42.0 Å². The number of aliphatic imine (C=N–C) groups is 1. The van der Waals surface area contributed by atoms with Gasteiger partial charge in [-0.25, -0.2) is 4.98 Å². The summed E-state index contributed by atoms with van der Waals surface area (Å²) in [6.45, 7) is 8.97. The second-order valence-corrected chi connectivity index (χ2v) is 7.91. The molecule has 162 valence electrons. The Hall–Kier alpha value is -2.68. The van der Waals surface area contributed by atoms with Crippen LogP contribution in [0.2, 0.25) is 0 Å². The summed E-state index contributed by atoms with van der Waals surface area (Å²) in [6, 6.07) is 7.73. The first-order valence-electron chi connectivity index (χ1n) is 10.5. The lowest BCUT2D eigenvalue weighted by Crippen LogP contribution is -2.52. The van der Waals surface area contributed by atoms with Crippen LogP contribution in [-0.4, -0.2) is 65.9 Å². The number of nitrogens with zero attached hydrogens (tertiary/aromatic N) is 5. The minimum absolute atomic E-state index is 0.0258. The zero-order valence-corrected chi connectivity index (χ0v) is 18.8. The number of hydrogen-bond donors (Lipinski definition) is 2. The number of aryl methyl sites for hydroxylation is 1. The molecule has 0 radical (unpaired) electrons. The van der Waals surface area contributed by atoms with Gasteiger partial charge in [-0.3, -0.25) is 9.79 Å². The van der Waals surface area contributed by atoms with Crippen molar-refractivity contribution in [2.75, 3.05) is 44.7 Å². The molecule has 0 saturated carbocycles. The van der Waals surface area contributed by atoms with Crippen molar-refractivity contribution < 1.29 is 4.79 Å². The van der Waals surface area contributed by atoms with Gasteiger partial charge in [-0.1, -0.05) is 26.0 Å². The zero-order chi connectivity index (χ0) is 21.3. The van der Waals surface area contributed by atoms with Gasteiger partial charge in [0.2, 0.25) is 5.13 Å². The van der Waals surface area contributed by atoms with Crippen molar-refractivity contribution in [2.24, 2.45) is 4.99 Å². The molecule has 1 aromatic heterocycles. The first-order valence-corrected chi connectivity index (χ1v) is 11.3. The Morgan fingerprint density at radius 2 is 2.00 bits per heavy atom. The largest absolute Gasteiger partial charge is 0.352 e. The summed E-state index contributed by atoms with van der Waals surface area (Å²) in [5.41, 5.74) is 1.75. The molecule has 1 fully saturated rings. The average Bonchev–Trinajstić information content (AvgIpc) is 3.28. The second-order valence-electron chi connectivity index (χ2n) is 7.18. The lowest BCUT2D eigenvalue weighted by molar-refractivity contribution is 0.0953. The molecule has 1 aliphatic rings. The lowest BCUT2D eigenvalue weighted by atomic mass is 10.1. The Morgan fingerprint density at radius 1 is 1.20 bits per heavy atom. The number of rotatable bonds is 7. The Kier molecular flexibility index (Phi) is 8.01. The van der Waals surface area contributed by atoms with E-state index in [4.69, 9.17) is 0 Å². The Balaban J connectivity index is 1.52. The lowest BCUT2D eigenvalue weighted by Gasteiger charge is -2.36. The molecule has 0 atom stereocenters. The monoisotopic (exact) mass is 429 g/mol. The molecular formula is C21H31N7OS. The number of carbonyl (C=O) groups is 1. The van der Waals surface area contributed by atoms with Crippen LogP contribution in [0.25, 0.3) is 0 Å². The number of benzene rings is 1. The summed E-state index contributed by atoms with van der Waals surface area (Å²) < 4.78 is 4.39. The van der Waals surface area contributed by atoms with Crippen LogP contribution >= 0.6 is 11.5 Å². The maximum absolute atomic E-state index is 12.2. The van der Waals surface area contributed by atoms with Gasteiger partial charge in [-0.15, -0.1) is 0 Å². The van der Waals surface area contributed by atoms with Crippen LogP contribution in [-0.2, 0) is 13.0 Å². The summed E-state index contributed by atoms with van der Waals surface area (Å²) in [5, 5.41) is 7.36. The van der Waals surface area contributed by atoms with Crippen LogP contribution < -0.4 is 15.5 Å². The maximum Gasteiger partial charge on any atom is 0.251 e. The van der Waals surface area contributed by atoms with Gasteiger partial charge in [0, 0.05) is 69.8 Å². The van der Waals surface area contributed by atoms with E-state index >= 15 is 0 Å². The topological polar surface area (TPSA) is 85.8 Å². The van der Waals surface area contributed by atoms with Crippen molar-refractivity contribution in [3.05, 3.63) is 41.2 Å². The van der Waals surface area contributed by atoms with Gasteiger partial charge in [0.05, 0.1) is 0 Å². The summed E-state index contributed by atoms with van der Waals surface area (Å²) in [5.74, 6) is 1.77. The van der Waals surface area contributed by atoms with Gasteiger partial charge in [-0.2, -0.15) is 4.37 Å². The van der Waals surface area contributed by atoms with Gasteiger partial charge < -0.3 is 20.4 Å². The SMILES string of the molecule is CCCNC(=O)c1cccc(CNC(=NC)N2CCN(c3nc(CC)ns3)CC2)c1. The van der Waals surface area contributed by atoms with Crippen molar-refractivity contribution in [3.63, 3.8) is 0 Å². The van der Waals surface area contributed by atoms with E-state index in [1.165, 1.54) is 11.5 Å². The van der Waals surface area contributed by atoms with Crippen molar-refractivity contribution in [1.82, 2.24) is 24.9 Å². The number of anilines is 1. The summed E-state index contributed by atoms with van der Waals surface area (Å²) in [7, 11) is 1.81. The molecule has 0 bridgehead atoms. The fraction of sp³-hybridized carbons (Fsp3) is 0.524. The number of piperazine rings is 1. The molecule has 0 spiro atoms. The van der Waals surface area contributed by atoms with E-state index in [2.05, 4.69) is 41.7 Å². The van der Waals surface area contributed by atoms with E-state index in [1.54, 1.807) is 0 Å². The van der Waals surface area contributed by atoms with Crippen LogP contribution in [0.3, 0.4) is 0 Å². The van der Waals surface area contributed by atoms with Crippen molar-refractivity contribution in [1.29, 1.82) is 0 Å². The van der Waals surface area contributed by atoms with E-state index in [0.29, 0.717) is 18.7 Å². The normalized spacial score (nSPS) is 14.7. The zero-order valence-electron chi connectivity index (χ0n) is 18.0. The molecule has 0 aliphatic carbocycles. The Bertz CT molecular complexity index is 859. The molecule has 2 heterocycles. The molecule has 2 N–H and O–H groups in total. The van der Waals surface area contributed by atoms with Crippen molar-refractivity contribution >= 4 is 28.5 Å². The number of amides is 1. The fourth-order valence-electron chi connectivity index (χ4n) is 3.30. The van der Waals surface area contributed by atoms with E-state index in [9.17, 15) is 4.79 Å². The first kappa shape index (κ1) is 22.0. The molecule has 0 unspecified atom stereocenters. The summed E-state index contributed by atoms with van der Waals surface area (Å²) in [6.07, 6.45) is 1.80. The second kappa shape index (κ2) is 10.9. The standard InChI is InChI=1S/C21H31N7OS/c1-4-9-23-19(29)17-8-6-7-16(14-17)15-24-20(22-3)27-10-12-28(13-11-27)21-25-18(5-2)26-30-21/h6-8,14H,4-5,9-13,15H2,1-3H3,(H,22,24)(H,23,29). The predicted octanol–water partition coefficient (Wildman–Crippen LogP) is 2.14. The molecule has 1 saturated heterocycles. The van der Waals surface area contributed by atoms with E-state index in [0.717, 1.165) is 61.5 Å². The predicted molar refractivity (Wildman–Crippen MR) is 122 cm³/mol. The number of carbonyl (C=O) groups excluding carboxylic acids is 1. The Labute approximate surface area is 182 Å².